The van der Waals surface area contributed by atoms with Crippen LogP contribution in [0.5, 0.6) is 0 Å². The highest BCUT2D eigenvalue weighted by atomic mass is 32.1. The third-order valence-electron chi connectivity index (χ3n) is 1.54. The third kappa shape index (κ3) is 1.60. The average Bonchev–Trinajstić information content (AvgIpc) is 2.32. The van der Waals surface area contributed by atoms with E-state index in [2.05, 4.69) is 13.8 Å². The number of hydrogen-bond donors (Lipinski definition) is 1. The summed E-state index contributed by atoms with van der Waals surface area (Å²) in [6.45, 7) is 4.15. The lowest BCUT2D eigenvalue weighted by Crippen LogP contribution is -2.10. The van der Waals surface area contributed by atoms with Gasteiger partial charge in [-0.1, -0.05) is 26.1 Å². The third-order valence-corrected chi connectivity index (χ3v) is 1.73. The maximum atomic E-state index is 5.43. The second kappa shape index (κ2) is 3.05. The number of hydrogen-bond acceptors (Lipinski definition) is 2. The molecular formula is C8H11NOS. The Balaban J connectivity index is 3.06. The van der Waals surface area contributed by atoms with Crippen molar-refractivity contribution in [1.29, 1.82) is 0 Å². The molecule has 0 bridgehead atoms. The van der Waals surface area contributed by atoms with E-state index in [4.69, 9.17) is 22.4 Å². The molecule has 0 radical (unpaired) electrons. The highest BCUT2D eigenvalue weighted by molar-refractivity contribution is 7.80. The molecule has 1 heterocycles. The van der Waals surface area contributed by atoms with E-state index in [-0.39, 0.29) is 0 Å². The Bertz CT molecular complexity index is 265. The van der Waals surface area contributed by atoms with Crippen LogP contribution in [0.25, 0.3) is 0 Å². The molecule has 1 rings (SSSR count). The van der Waals surface area contributed by atoms with Gasteiger partial charge in [-0.15, -0.1) is 0 Å². The maximum Gasteiger partial charge on any atom is 0.164 e. The Morgan fingerprint density at radius 2 is 2.27 bits per heavy atom. The molecule has 0 fully saturated rings. The van der Waals surface area contributed by atoms with Crippen molar-refractivity contribution >= 4 is 17.2 Å². The molecule has 0 saturated heterocycles. The van der Waals surface area contributed by atoms with Crippen molar-refractivity contribution in [2.24, 2.45) is 5.73 Å². The quantitative estimate of drug-likeness (QED) is 0.688. The fourth-order valence-electron chi connectivity index (χ4n) is 0.974. The monoisotopic (exact) mass is 169 g/mol. The van der Waals surface area contributed by atoms with Gasteiger partial charge in [0.15, 0.2) is 5.76 Å². The number of rotatable bonds is 2. The van der Waals surface area contributed by atoms with Gasteiger partial charge in [0, 0.05) is 5.56 Å². The molecule has 0 aromatic carbocycles. The van der Waals surface area contributed by atoms with Gasteiger partial charge in [-0.2, -0.15) is 0 Å². The van der Waals surface area contributed by atoms with Gasteiger partial charge in [-0.25, -0.2) is 0 Å². The Kier molecular flexibility index (Phi) is 2.29. The van der Waals surface area contributed by atoms with Crippen LogP contribution >= 0.6 is 12.2 Å². The van der Waals surface area contributed by atoms with Gasteiger partial charge in [0.05, 0.1) is 6.26 Å². The zero-order valence-electron chi connectivity index (χ0n) is 6.63. The van der Waals surface area contributed by atoms with Crippen LogP contribution in [0.2, 0.25) is 0 Å². The molecule has 60 valence electrons. The molecule has 1 aromatic heterocycles. The molecule has 0 amide bonds. The molecule has 0 saturated carbocycles. The molecule has 2 nitrogen and oxygen atoms in total. The predicted octanol–water partition coefficient (Wildman–Crippen LogP) is 2.04. The standard InChI is InChI=1S/C8H11NOS/c1-5(2)6-3-4-10-7(6)8(9)11/h3-5H,1-2H3,(H2,9,11). The number of thiocarbonyl (C=S) groups is 1. The van der Waals surface area contributed by atoms with Gasteiger partial charge in [-0.05, 0) is 12.0 Å². The van der Waals surface area contributed by atoms with Crippen molar-refractivity contribution < 1.29 is 4.42 Å². The second-order valence-corrected chi connectivity index (χ2v) is 3.16. The zero-order chi connectivity index (χ0) is 8.43. The first-order valence-electron chi connectivity index (χ1n) is 3.50. The summed E-state index contributed by atoms with van der Waals surface area (Å²) in [5.41, 5.74) is 6.52. The number of furan rings is 1. The maximum absolute atomic E-state index is 5.43. The Hall–Kier alpha value is -0.830. The molecule has 0 atom stereocenters. The summed E-state index contributed by atoms with van der Waals surface area (Å²) in [4.78, 5) is 0.332. The average molecular weight is 169 g/mol. The summed E-state index contributed by atoms with van der Waals surface area (Å²) < 4.78 is 5.12. The van der Waals surface area contributed by atoms with Crippen molar-refractivity contribution in [3.05, 3.63) is 23.7 Å². The van der Waals surface area contributed by atoms with Crippen molar-refractivity contribution in [3.8, 4) is 0 Å². The van der Waals surface area contributed by atoms with Crippen LogP contribution in [-0.4, -0.2) is 4.99 Å². The van der Waals surface area contributed by atoms with E-state index in [9.17, 15) is 0 Å². The molecule has 0 aliphatic carbocycles. The van der Waals surface area contributed by atoms with Crippen LogP contribution in [-0.2, 0) is 0 Å². The van der Waals surface area contributed by atoms with Crippen LogP contribution in [0.3, 0.4) is 0 Å². The van der Waals surface area contributed by atoms with Crippen LogP contribution in [0.1, 0.15) is 31.1 Å². The van der Waals surface area contributed by atoms with Crippen molar-refractivity contribution in [3.63, 3.8) is 0 Å². The van der Waals surface area contributed by atoms with Crippen molar-refractivity contribution in [2.45, 2.75) is 19.8 Å². The molecule has 2 N–H and O–H groups in total. The van der Waals surface area contributed by atoms with E-state index >= 15 is 0 Å². The van der Waals surface area contributed by atoms with E-state index in [1.165, 1.54) is 0 Å². The minimum Gasteiger partial charge on any atom is -0.462 e. The second-order valence-electron chi connectivity index (χ2n) is 2.72. The molecular weight excluding hydrogens is 158 g/mol. The molecule has 1 aromatic rings. The number of nitrogens with two attached hydrogens (primary N) is 1. The summed E-state index contributed by atoms with van der Waals surface area (Å²) in [5, 5.41) is 0. The Morgan fingerprint density at radius 3 is 2.64 bits per heavy atom. The highest BCUT2D eigenvalue weighted by Gasteiger charge is 2.11. The van der Waals surface area contributed by atoms with Crippen LogP contribution in [0.15, 0.2) is 16.7 Å². The lowest BCUT2D eigenvalue weighted by atomic mass is 10.0. The minimum absolute atomic E-state index is 0.332. The fourth-order valence-corrected chi connectivity index (χ4v) is 1.14. The van der Waals surface area contributed by atoms with E-state index < -0.39 is 0 Å². The predicted molar refractivity (Wildman–Crippen MR) is 48.7 cm³/mol. The fraction of sp³-hybridized carbons (Fsp3) is 0.375. The van der Waals surface area contributed by atoms with E-state index in [1.807, 2.05) is 6.07 Å². The van der Waals surface area contributed by atoms with Gasteiger partial charge in [0.25, 0.3) is 0 Å². The Labute approximate surface area is 71.4 Å². The highest BCUT2D eigenvalue weighted by Crippen LogP contribution is 2.19. The lowest BCUT2D eigenvalue weighted by Gasteiger charge is -2.02. The lowest BCUT2D eigenvalue weighted by molar-refractivity contribution is 0.552. The smallest absolute Gasteiger partial charge is 0.164 e. The molecule has 0 unspecified atom stereocenters. The first kappa shape index (κ1) is 8.27. The SMILES string of the molecule is CC(C)c1ccoc1C(N)=S. The largest absolute Gasteiger partial charge is 0.462 e. The minimum atomic E-state index is 0.332. The van der Waals surface area contributed by atoms with Gasteiger partial charge >= 0.3 is 0 Å². The van der Waals surface area contributed by atoms with Crippen molar-refractivity contribution in [2.75, 3.05) is 0 Å². The van der Waals surface area contributed by atoms with Gasteiger partial charge in [0.1, 0.15) is 4.99 Å². The zero-order valence-corrected chi connectivity index (χ0v) is 7.44. The summed E-state index contributed by atoms with van der Waals surface area (Å²) in [6.07, 6.45) is 1.61. The Morgan fingerprint density at radius 1 is 1.64 bits per heavy atom. The van der Waals surface area contributed by atoms with E-state index in [0.29, 0.717) is 16.7 Å². The molecule has 0 aliphatic rings. The summed E-state index contributed by atoms with van der Waals surface area (Å²) in [7, 11) is 0. The summed E-state index contributed by atoms with van der Waals surface area (Å²) >= 11 is 4.81. The summed E-state index contributed by atoms with van der Waals surface area (Å²) in [5.74, 6) is 1.06. The van der Waals surface area contributed by atoms with E-state index in [1.54, 1.807) is 6.26 Å². The molecule has 0 aliphatic heterocycles. The first-order valence-corrected chi connectivity index (χ1v) is 3.91. The molecule has 11 heavy (non-hydrogen) atoms. The van der Waals surface area contributed by atoms with Crippen molar-refractivity contribution in [1.82, 2.24) is 0 Å². The van der Waals surface area contributed by atoms with Crippen LogP contribution < -0.4 is 5.73 Å². The van der Waals surface area contributed by atoms with Crippen LogP contribution in [0.4, 0.5) is 0 Å². The van der Waals surface area contributed by atoms with E-state index in [0.717, 1.165) is 5.56 Å². The summed E-state index contributed by atoms with van der Waals surface area (Å²) in [6, 6.07) is 1.90. The van der Waals surface area contributed by atoms with Crippen LogP contribution in [0, 0.1) is 0 Å². The van der Waals surface area contributed by atoms with Gasteiger partial charge < -0.3 is 10.2 Å². The molecule has 3 heteroatoms. The molecule has 0 spiro atoms. The normalized spacial score (nSPS) is 10.5. The first-order chi connectivity index (χ1) is 5.13. The topological polar surface area (TPSA) is 39.2 Å². The van der Waals surface area contributed by atoms with Gasteiger partial charge in [0.2, 0.25) is 0 Å². The van der Waals surface area contributed by atoms with Gasteiger partial charge in [-0.3, -0.25) is 0 Å².